The van der Waals surface area contributed by atoms with Crippen LogP contribution in [0.5, 0.6) is 0 Å². The average Bonchev–Trinajstić information content (AvgIpc) is 2.25. The average molecular weight is 251 g/mol. The fraction of sp³-hybridized carbons (Fsp3) is 0.600. The van der Waals surface area contributed by atoms with Gasteiger partial charge in [0.15, 0.2) is 0 Å². The van der Waals surface area contributed by atoms with Gasteiger partial charge < -0.3 is 5.32 Å². The number of nitrogens with one attached hydrogen (secondary N) is 1. The molecule has 0 saturated carbocycles. The number of thioether (sulfide) groups is 1. The molecule has 1 nitrogen and oxygen atoms in total. The number of rotatable bonds is 4. The van der Waals surface area contributed by atoms with Crippen LogP contribution < -0.4 is 5.32 Å². The second-order valence-corrected chi connectivity index (χ2v) is 6.53. The van der Waals surface area contributed by atoms with E-state index in [2.05, 4.69) is 57.5 Å². The molecule has 0 heterocycles. The van der Waals surface area contributed by atoms with Crippen LogP contribution in [-0.4, -0.2) is 19.1 Å². The van der Waals surface area contributed by atoms with E-state index in [9.17, 15) is 0 Å². The monoisotopic (exact) mass is 251 g/mol. The van der Waals surface area contributed by atoms with Crippen LogP contribution in [0.1, 0.15) is 43.5 Å². The number of hydrogen-bond donors (Lipinski definition) is 1. The molecule has 2 heteroatoms. The van der Waals surface area contributed by atoms with Crippen molar-refractivity contribution >= 4 is 11.8 Å². The van der Waals surface area contributed by atoms with Crippen molar-refractivity contribution in [2.45, 2.75) is 39.2 Å². The molecule has 0 aliphatic rings. The highest BCUT2D eigenvalue weighted by Crippen LogP contribution is 2.28. The zero-order valence-corrected chi connectivity index (χ0v) is 12.7. The van der Waals surface area contributed by atoms with E-state index in [1.807, 2.05) is 18.8 Å². The first kappa shape index (κ1) is 14.6. The number of aryl methyl sites for hydroxylation is 1. The van der Waals surface area contributed by atoms with E-state index in [1.165, 1.54) is 16.7 Å². The van der Waals surface area contributed by atoms with E-state index in [0.717, 1.165) is 5.75 Å². The molecule has 0 amide bonds. The lowest BCUT2D eigenvalue weighted by molar-refractivity contribution is 0.584. The van der Waals surface area contributed by atoms with Gasteiger partial charge in [-0.25, -0.2) is 0 Å². The predicted octanol–water partition coefficient (Wildman–Crippen LogP) is 3.92. The molecular formula is C15H25NS. The SMILES string of the molecule is CNC(CSC)c1cc(C(C)(C)C)ccc1C. The third-order valence-electron chi connectivity index (χ3n) is 3.20. The Morgan fingerprint density at radius 1 is 1.29 bits per heavy atom. The highest BCUT2D eigenvalue weighted by molar-refractivity contribution is 7.98. The zero-order valence-electron chi connectivity index (χ0n) is 11.9. The Morgan fingerprint density at radius 2 is 1.94 bits per heavy atom. The normalized spacial score (nSPS) is 13.8. The number of benzene rings is 1. The molecule has 1 N–H and O–H groups in total. The Hall–Kier alpha value is -0.470. The summed E-state index contributed by atoms with van der Waals surface area (Å²) in [6, 6.07) is 7.32. The third-order valence-corrected chi connectivity index (χ3v) is 3.87. The maximum absolute atomic E-state index is 3.42. The molecule has 0 spiro atoms. The molecule has 0 aliphatic heterocycles. The Balaban J connectivity index is 3.13. The first-order chi connectivity index (χ1) is 7.90. The molecule has 96 valence electrons. The van der Waals surface area contributed by atoms with E-state index in [1.54, 1.807) is 0 Å². The molecule has 1 atom stereocenters. The van der Waals surface area contributed by atoms with Crippen LogP contribution in [0.15, 0.2) is 18.2 Å². The van der Waals surface area contributed by atoms with E-state index in [-0.39, 0.29) is 5.41 Å². The lowest BCUT2D eigenvalue weighted by Crippen LogP contribution is -2.21. The molecule has 0 bridgehead atoms. The first-order valence-corrected chi connectivity index (χ1v) is 7.56. The summed E-state index contributed by atoms with van der Waals surface area (Å²) in [5.74, 6) is 1.12. The summed E-state index contributed by atoms with van der Waals surface area (Å²) in [5.41, 5.74) is 4.46. The van der Waals surface area contributed by atoms with Crippen LogP contribution in [0, 0.1) is 6.92 Å². The summed E-state index contributed by atoms with van der Waals surface area (Å²) < 4.78 is 0. The Bertz CT molecular complexity index is 366. The van der Waals surface area contributed by atoms with Gasteiger partial charge in [-0.05, 0) is 42.3 Å². The maximum atomic E-state index is 3.42. The van der Waals surface area contributed by atoms with Crippen LogP contribution in [0.25, 0.3) is 0 Å². The van der Waals surface area contributed by atoms with Crippen molar-refractivity contribution in [2.75, 3.05) is 19.1 Å². The molecule has 0 saturated heterocycles. The Labute approximate surface area is 110 Å². The van der Waals surface area contributed by atoms with Gasteiger partial charge in [0.2, 0.25) is 0 Å². The van der Waals surface area contributed by atoms with Gasteiger partial charge in [-0.1, -0.05) is 39.0 Å². The standard InChI is InChI=1S/C15H25NS/c1-11-7-8-12(15(2,3)4)9-13(11)14(16-5)10-17-6/h7-9,14,16H,10H2,1-6H3. The van der Waals surface area contributed by atoms with Gasteiger partial charge in [-0.3, -0.25) is 0 Å². The maximum Gasteiger partial charge on any atom is 0.0412 e. The van der Waals surface area contributed by atoms with Crippen molar-refractivity contribution in [3.05, 3.63) is 34.9 Å². The second kappa shape index (κ2) is 5.92. The summed E-state index contributed by atoms with van der Waals surface area (Å²) in [4.78, 5) is 0. The van der Waals surface area contributed by atoms with Gasteiger partial charge >= 0.3 is 0 Å². The van der Waals surface area contributed by atoms with Gasteiger partial charge in [-0.2, -0.15) is 11.8 Å². The van der Waals surface area contributed by atoms with Crippen LogP contribution in [0.3, 0.4) is 0 Å². The summed E-state index contributed by atoms with van der Waals surface area (Å²) in [5, 5.41) is 3.42. The van der Waals surface area contributed by atoms with E-state index in [4.69, 9.17) is 0 Å². The van der Waals surface area contributed by atoms with Crippen LogP contribution >= 0.6 is 11.8 Å². The van der Waals surface area contributed by atoms with E-state index in [0.29, 0.717) is 6.04 Å². The van der Waals surface area contributed by atoms with Gasteiger partial charge in [-0.15, -0.1) is 0 Å². The minimum Gasteiger partial charge on any atom is -0.312 e. The minimum absolute atomic E-state index is 0.222. The van der Waals surface area contributed by atoms with Gasteiger partial charge in [0, 0.05) is 11.8 Å². The van der Waals surface area contributed by atoms with E-state index < -0.39 is 0 Å². The summed E-state index contributed by atoms with van der Waals surface area (Å²) in [7, 11) is 2.05. The van der Waals surface area contributed by atoms with Crippen molar-refractivity contribution in [3.63, 3.8) is 0 Å². The van der Waals surface area contributed by atoms with Crippen molar-refractivity contribution in [1.29, 1.82) is 0 Å². The topological polar surface area (TPSA) is 12.0 Å². The molecule has 0 aliphatic carbocycles. The highest BCUT2D eigenvalue weighted by Gasteiger charge is 2.17. The van der Waals surface area contributed by atoms with Gasteiger partial charge in [0.05, 0.1) is 0 Å². The molecule has 1 rings (SSSR count). The summed E-state index contributed by atoms with van der Waals surface area (Å²) >= 11 is 1.89. The molecule has 0 radical (unpaired) electrons. The van der Waals surface area contributed by atoms with Crippen molar-refractivity contribution in [3.8, 4) is 0 Å². The van der Waals surface area contributed by atoms with Crippen molar-refractivity contribution in [2.24, 2.45) is 0 Å². The van der Waals surface area contributed by atoms with Crippen LogP contribution in [0.2, 0.25) is 0 Å². The molecule has 1 aromatic carbocycles. The van der Waals surface area contributed by atoms with E-state index >= 15 is 0 Å². The molecule has 1 aromatic rings. The fourth-order valence-corrected chi connectivity index (χ4v) is 2.66. The Morgan fingerprint density at radius 3 is 2.41 bits per heavy atom. The Kier molecular flexibility index (Phi) is 5.08. The van der Waals surface area contributed by atoms with Gasteiger partial charge in [0.25, 0.3) is 0 Å². The largest absolute Gasteiger partial charge is 0.312 e. The summed E-state index contributed by atoms with van der Waals surface area (Å²) in [6.07, 6.45) is 2.16. The minimum atomic E-state index is 0.222. The first-order valence-electron chi connectivity index (χ1n) is 6.17. The second-order valence-electron chi connectivity index (χ2n) is 5.62. The molecule has 1 unspecified atom stereocenters. The summed E-state index contributed by atoms with van der Waals surface area (Å²) in [6.45, 7) is 9.01. The fourth-order valence-electron chi connectivity index (χ4n) is 1.98. The van der Waals surface area contributed by atoms with Crippen LogP contribution in [0.4, 0.5) is 0 Å². The highest BCUT2D eigenvalue weighted by atomic mass is 32.2. The van der Waals surface area contributed by atoms with Gasteiger partial charge in [0.1, 0.15) is 0 Å². The molecule has 0 fully saturated rings. The lowest BCUT2D eigenvalue weighted by Gasteiger charge is -2.24. The number of hydrogen-bond acceptors (Lipinski definition) is 2. The predicted molar refractivity (Wildman–Crippen MR) is 80.1 cm³/mol. The van der Waals surface area contributed by atoms with Crippen molar-refractivity contribution in [1.82, 2.24) is 5.32 Å². The molecule has 17 heavy (non-hydrogen) atoms. The zero-order chi connectivity index (χ0) is 13.1. The van der Waals surface area contributed by atoms with Crippen molar-refractivity contribution < 1.29 is 0 Å². The molecular weight excluding hydrogens is 226 g/mol. The lowest BCUT2D eigenvalue weighted by atomic mass is 9.84. The van der Waals surface area contributed by atoms with Crippen LogP contribution in [-0.2, 0) is 5.41 Å². The molecule has 0 aromatic heterocycles. The smallest absolute Gasteiger partial charge is 0.0412 e. The quantitative estimate of drug-likeness (QED) is 0.870. The third kappa shape index (κ3) is 3.75.